The van der Waals surface area contributed by atoms with Gasteiger partial charge in [0, 0.05) is 24.6 Å². The Morgan fingerprint density at radius 1 is 1.40 bits per heavy atom. The molecular weight excluding hydrogens is 350 g/mol. The zero-order valence-corrected chi connectivity index (χ0v) is 14.8. The summed E-state index contributed by atoms with van der Waals surface area (Å²) in [5, 5.41) is 5.13. The first-order chi connectivity index (χ1) is 12.1. The number of nitrogens with zero attached hydrogens (tertiary/aromatic N) is 4. The fraction of sp³-hybridized carbons (Fsp3) is 0.529. The van der Waals surface area contributed by atoms with Gasteiger partial charge in [-0.3, -0.25) is 4.90 Å². The fourth-order valence-electron chi connectivity index (χ4n) is 3.25. The fourth-order valence-corrected chi connectivity index (χ4v) is 3.43. The second-order valence-electron chi connectivity index (χ2n) is 6.20. The third-order valence-corrected chi connectivity index (χ3v) is 4.50. The number of aromatic nitrogens is 3. The predicted molar refractivity (Wildman–Crippen MR) is 91.5 cm³/mol. The van der Waals surface area contributed by atoms with Crippen LogP contribution in [0.5, 0.6) is 0 Å². The van der Waals surface area contributed by atoms with Crippen molar-refractivity contribution in [2.45, 2.75) is 31.8 Å². The van der Waals surface area contributed by atoms with Crippen LogP contribution in [0.15, 0.2) is 24.3 Å². The molecule has 0 N–H and O–H groups in total. The molecule has 0 spiro atoms. The molecule has 1 aromatic heterocycles. The predicted octanol–water partition coefficient (Wildman–Crippen LogP) is 3.51. The number of piperidine rings is 1. The standard InChI is InChI=1S/C17H21ClF2N4O/c1-25-11-16-21-17(12-4-3-7-23(9-12)10-15(19)20)24(22-16)14-6-2-5-13(18)8-14/h2,5-6,8,12,15H,3-4,7,9-11H2,1H3. The minimum atomic E-state index is -2.33. The molecule has 1 aliphatic rings. The van der Waals surface area contributed by atoms with Crippen molar-refractivity contribution in [3.63, 3.8) is 0 Å². The van der Waals surface area contributed by atoms with Gasteiger partial charge in [-0.05, 0) is 37.6 Å². The average molecular weight is 371 g/mol. The van der Waals surface area contributed by atoms with E-state index in [0.717, 1.165) is 24.4 Å². The number of hydrogen-bond donors (Lipinski definition) is 0. The van der Waals surface area contributed by atoms with E-state index in [1.807, 2.05) is 18.2 Å². The Hall–Kier alpha value is -1.57. The molecule has 0 amide bonds. The van der Waals surface area contributed by atoms with Crippen molar-refractivity contribution in [2.24, 2.45) is 0 Å². The first-order valence-electron chi connectivity index (χ1n) is 8.28. The highest BCUT2D eigenvalue weighted by atomic mass is 35.5. The zero-order chi connectivity index (χ0) is 17.8. The van der Waals surface area contributed by atoms with E-state index in [-0.39, 0.29) is 12.5 Å². The number of likely N-dealkylation sites (tertiary alicyclic amines) is 1. The summed E-state index contributed by atoms with van der Waals surface area (Å²) in [5.41, 5.74) is 0.809. The Kier molecular flexibility index (Phi) is 5.98. The van der Waals surface area contributed by atoms with Gasteiger partial charge in [0.25, 0.3) is 6.43 Å². The second-order valence-corrected chi connectivity index (χ2v) is 6.64. The van der Waals surface area contributed by atoms with E-state index >= 15 is 0 Å². The molecule has 1 saturated heterocycles. The molecule has 5 nitrogen and oxygen atoms in total. The topological polar surface area (TPSA) is 43.2 Å². The van der Waals surface area contributed by atoms with Gasteiger partial charge >= 0.3 is 0 Å². The summed E-state index contributed by atoms with van der Waals surface area (Å²) in [6.07, 6.45) is -0.571. The largest absolute Gasteiger partial charge is 0.377 e. The zero-order valence-electron chi connectivity index (χ0n) is 14.0. The molecule has 2 heterocycles. The Morgan fingerprint density at radius 2 is 2.24 bits per heavy atom. The molecule has 1 atom stereocenters. The first-order valence-corrected chi connectivity index (χ1v) is 8.66. The van der Waals surface area contributed by atoms with Crippen molar-refractivity contribution < 1.29 is 13.5 Å². The van der Waals surface area contributed by atoms with Crippen molar-refractivity contribution in [3.8, 4) is 5.69 Å². The van der Waals surface area contributed by atoms with Gasteiger partial charge in [0.15, 0.2) is 5.82 Å². The van der Waals surface area contributed by atoms with E-state index < -0.39 is 6.43 Å². The minimum Gasteiger partial charge on any atom is -0.377 e. The van der Waals surface area contributed by atoms with Gasteiger partial charge in [0.1, 0.15) is 12.4 Å². The van der Waals surface area contributed by atoms with Crippen LogP contribution in [0.25, 0.3) is 5.69 Å². The van der Waals surface area contributed by atoms with Crippen molar-refractivity contribution in [2.75, 3.05) is 26.7 Å². The maximum atomic E-state index is 12.7. The highest BCUT2D eigenvalue weighted by Crippen LogP contribution is 2.28. The lowest BCUT2D eigenvalue weighted by atomic mass is 9.97. The average Bonchev–Trinajstić information content (AvgIpc) is 2.99. The SMILES string of the molecule is COCc1nc(C2CCCN(CC(F)F)C2)n(-c2cccc(Cl)c2)n1. The lowest BCUT2D eigenvalue weighted by Gasteiger charge is -2.31. The molecule has 0 radical (unpaired) electrons. The molecule has 136 valence electrons. The van der Waals surface area contributed by atoms with Gasteiger partial charge in [0.2, 0.25) is 0 Å². The summed E-state index contributed by atoms with van der Waals surface area (Å²) < 4.78 is 32.4. The van der Waals surface area contributed by atoms with E-state index in [2.05, 4.69) is 10.1 Å². The molecule has 25 heavy (non-hydrogen) atoms. The van der Waals surface area contributed by atoms with Crippen LogP contribution in [-0.4, -0.2) is 52.8 Å². The van der Waals surface area contributed by atoms with Gasteiger partial charge < -0.3 is 4.74 Å². The van der Waals surface area contributed by atoms with Crippen molar-refractivity contribution in [3.05, 3.63) is 40.9 Å². The number of hydrogen-bond acceptors (Lipinski definition) is 4. The van der Waals surface area contributed by atoms with Gasteiger partial charge in [-0.1, -0.05) is 17.7 Å². The van der Waals surface area contributed by atoms with E-state index in [1.54, 1.807) is 22.8 Å². The first kappa shape index (κ1) is 18.2. The Balaban J connectivity index is 1.91. The third kappa shape index (κ3) is 4.54. The number of halogens is 3. The summed E-state index contributed by atoms with van der Waals surface area (Å²) in [6, 6.07) is 7.36. The summed E-state index contributed by atoms with van der Waals surface area (Å²) in [7, 11) is 1.59. The van der Waals surface area contributed by atoms with Crippen molar-refractivity contribution >= 4 is 11.6 Å². The molecule has 0 saturated carbocycles. The molecular formula is C17H21ClF2N4O. The number of alkyl halides is 2. The molecule has 8 heteroatoms. The highest BCUT2D eigenvalue weighted by molar-refractivity contribution is 6.30. The summed E-state index contributed by atoms with van der Waals surface area (Å²) in [5.74, 6) is 1.39. The van der Waals surface area contributed by atoms with Crippen LogP contribution in [0.2, 0.25) is 5.02 Å². The molecule has 3 rings (SSSR count). The Labute approximate surface area is 150 Å². The van der Waals surface area contributed by atoms with Crippen LogP contribution in [-0.2, 0) is 11.3 Å². The quantitative estimate of drug-likeness (QED) is 0.780. The molecule has 2 aromatic rings. The van der Waals surface area contributed by atoms with Gasteiger partial charge in [0.05, 0.1) is 12.2 Å². The molecule has 0 aliphatic carbocycles. The maximum absolute atomic E-state index is 12.7. The van der Waals surface area contributed by atoms with Crippen molar-refractivity contribution in [1.82, 2.24) is 19.7 Å². The van der Waals surface area contributed by atoms with Crippen LogP contribution in [0, 0.1) is 0 Å². The van der Waals surface area contributed by atoms with E-state index in [4.69, 9.17) is 16.3 Å². The molecule has 1 aliphatic heterocycles. The van der Waals surface area contributed by atoms with Gasteiger partial charge in [-0.2, -0.15) is 0 Å². The molecule has 1 unspecified atom stereocenters. The number of ether oxygens (including phenoxy) is 1. The van der Waals surface area contributed by atoms with Crippen LogP contribution in [0.4, 0.5) is 8.78 Å². The van der Waals surface area contributed by atoms with Gasteiger partial charge in [-0.15, -0.1) is 5.10 Å². The number of rotatable bonds is 6. The summed E-state index contributed by atoms with van der Waals surface area (Å²) >= 11 is 6.10. The monoisotopic (exact) mass is 370 g/mol. The molecule has 1 fully saturated rings. The van der Waals surface area contributed by atoms with Crippen molar-refractivity contribution in [1.29, 1.82) is 0 Å². The lowest BCUT2D eigenvalue weighted by molar-refractivity contribution is 0.0729. The lowest BCUT2D eigenvalue weighted by Crippen LogP contribution is -2.38. The van der Waals surface area contributed by atoms with Gasteiger partial charge in [-0.25, -0.2) is 18.4 Å². The molecule has 1 aromatic carbocycles. The molecule has 0 bridgehead atoms. The number of benzene rings is 1. The normalized spacial score (nSPS) is 18.8. The smallest absolute Gasteiger partial charge is 0.251 e. The van der Waals surface area contributed by atoms with Crippen LogP contribution in [0.3, 0.4) is 0 Å². The summed E-state index contributed by atoms with van der Waals surface area (Å²) in [6.45, 7) is 1.34. The van der Waals surface area contributed by atoms with E-state index in [1.165, 1.54) is 0 Å². The maximum Gasteiger partial charge on any atom is 0.251 e. The summed E-state index contributed by atoms with van der Waals surface area (Å²) in [4.78, 5) is 6.41. The van der Waals surface area contributed by atoms with E-state index in [9.17, 15) is 8.78 Å². The Bertz CT molecular complexity index is 710. The van der Waals surface area contributed by atoms with Crippen LogP contribution >= 0.6 is 11.6 Å². The van der Waals surface area contributed by atoms with Crippen LogP contribution in [0.1, 0.15) is 30.4 Å². The number of methoxy groups -OCH3 is 1. The third-order valence-electron chi connectivity index (χ3n) is 4.27. The second kappa shape index (κ2) is 8.21. The van der Waals surface area contributed by atoms with Crippen LogP contribution < -0.4 is 0 Å². The van der Waals surface area contributed by atoms with E-state index in [0.29, 0.717) is 30.5 Å². The minimum absolute atomic E-state index is 0.0459. The Morgan fingerprint density at radius 3 is 2.96 bits per heavy atom. The highest BCUT2D eigenvalue weighted by Gasteiger charge is 2.28.